The molecule has 1 atom stereocenters. The number of methoxy groups -OCH3 is 1. The summed E-state index contributed by atoms with van der Waals surface area (Å²) in [4.78, 5) is 0. The Bertz CT molecular complexity index is 742. The van der Waals surface area contributed by atoms with Crippen LogP contribution in [0.1, 0.15) is 42.5 Å². The fraction of sp³-hybridized carbons (Fsp3) is 0.368. The van der Waals surface area contributed by atoms with Gasteiger partial charge in [-0.2, -0.15) is 13.2 Å². The predicted molar refractivity (Wildman–Crippen MR) is 91.5 cm³/mol. The number of halogens is 3. The lowest BCUT2D eigenvalue weighted by Crippen LogP contribution is -2.17. The molecule has 0 radical (unpaired) electrons. The highest BCUT2D eigenvalue weighted by molar-refractivity contribution is 5.75. The average molecular weight is 353 g/mol. The minimum atomic E-state index is -4.48. The van der Waals surface area contributed by atoms with E-state index in [2.05, 4.69) is 0 Å². The maximum absolute atomic E-state index is 13.1. The molecule has 2 aromatic carbocycles. The molecule has 0 fully saturated rings. The van der Waals surface area contributed by atoms with Crippen molar-refractivity contribution in [3.8, 4) is 16.9 Å². The van der Waals surface area contributed by atoms with Gasteiger partial charge >= 0.3 is 6.18 Å². The third kappa shape index (κ3) is 4.14. The van der Waals surface area contributed by atoms with Gasteiger partial charge in [0.2, 0.25) is 0 Å². The molecule has 0 spiro atoms. The molecule has 0 aromatic heterocycles. The van der Waals surface area contributed by atoms with Crippen molar-refractivity contribution >= 4 is 0 Å². The number of aliphatic hydroxyl groups excluding tert-OH is 1. The maximum atomic E-state index is 13.1. The van der Waals surface area contributed by atoms with Crippen LogP contribution in [0.2, 0.25) is 0 Å². The van der Waals surface area contributed by atoms with E-state index in [0.29, 0.717) is 16.9 Å². The molecule has 0 amide bonds. The van der Waals surface area contributed by atoms with Gasteiger partial charge in [0.1, 0.15) is 5.75 Å². The van der Waals surface area contributed by atoms with Crippen LogP contribution in [-0.4, -0.2) is 18.8 Å². The van der Waals surface area contributed by atoms with Crippen LogP contribution in [0, 0.1) is 0 Å². The van der Waals surface area contributed by atoms with Crippen LogP contribution >= 0.6 is 0 Å². The second-order valence-corrected chi connectivity index (χ2v) is 6.20. The molecular weight excluding hydrogens is 331 g/mol. The van der Waals surface area contributed by atoms with Crippen LogP contribution in [0.4, 0.5) is 13.2 Å². The Morgan fingerprint density at radius 1 is 1.08 bits per heavy atom. The first kappa shape index (κ1) is 19.3. The number of nitrogens with two attached hydrogens (primary N) is 1. The maximum Gasteiger partial charge on any atom is 0.416 e. The van der Waals surface area contributed by atoms with Gasteiger partial charge in [-0.1, -0.05) is 26.0 Å². The van der Waals surface area contributed by atoms with Crippen molar-refractivity contribution < 1.29 is 23.0 Å². The summed E-state index contributed by atoms with van der Waals surface area (Å²) in [6.45, 7) is 3.60. The first-order chi connectivity index (χ1) is 11.7. The van der Waals surface area contributed by atoms with Crippen molar-refractivity contribution in [3.63, 3.8) is 0 Å². The van der Waals surface area contributed by atoms with E-state index >= 15 is 0 Å². The van der Waals surface area contributed by atoms with Crippen LogP contribution in [0.25, 0.3) is 11.1 Å². The molecule has 0 heterocycles. The molecule has 6 heteroatoms. The number of ether oxygens (including phenoxy) is 1. The highest BCUT2D eigenvalue weighted by Gasteiger charge is 2.32. The summed E-state index contributed by atoms with van der Waals surface area (Å²) >= 11 is 0. The fourth-order valence-corrected chi connectivity index (χ4v) is 2.68. The predicted octanol–water partition coefficient (Wildman–Crippen LogP) is 4.50. The third-order valence-corrected chi connectivity index (χ3v) is 4.16. The molecule has 2 aromatic rings. The molecule has 1 unspecified atom stereocenters. The van der Waals surface area contributed by atoms with E-state index in [1.165, 1.54) is 13.2 Å². The van der Waals surface area contributed by atoms with Crippen molar-refractivity contribution in [2.75, 3.05) is 13.7 Å². The highest BCUT2D eigenvalue weighted by Crippen LogP contribution is 2.39. The molecule has 3 nitrogen and oxygen atoms in total. The van der Waals surface area contributed by atoms with E-state index < -0.39 is 24.4 Å². The molecule has 0 aliphatic rings. The monoisotopic (exact) mass is 353 g/mol. The second-order valence-electron chi connectivity index (χ2n) is 6.20. The van der Waals surface area contributed by atoms with E-state index in [9.17, 15) is 18.3 Å². The molecule has 0 aliphatic heterocycles. The average Bonchev–Trinajstić information content (AvgIpc) is 2.59. The minimum Gasteiger partial charge on any atom is -0.496 e. The van der Waals surface area contributed by atoms with Gasteiger partial charge in [0.25, 0.3) is 0 Å². The summed E-state index contributed by atoms with van der Waals surface area (Å²) in [7, 11) is 1.50. The molecule has 2 rings (SSSR count). The Labute approximate surface area is 145 Å². The molecule has 0 bridgehead atoms. The van der Waals surface area contributed by atoms with Gasteiger partial charge in [0.15, 0.2) is 0 Å². The van der Waals surface area contributed by atoms with Crippen molar-refractivity contribution in [3.05, 3.63) is 53.1 Å². The van der Waals surface area contributed by atoms with Gasteiger partial charge in [-0.15, -0.1) is 0 Å². The molecule has 0 saturated heterocycles. The van der Waals surface area contributed by atoms with E-state index in [1.54, 1.807) is 6.07 Å². The van der Waals surface area contributed by atoms with E-state index in [4.69, 9.17) is 10.5 Å². The standard InChI is InChI=1S/C19H22F3NO2/c1-11(2)12-4-7-18(25-3)16(8-12)14-6-5-13(19(20,21)22)9-15(14)17(23)10-24/h4-9,11,17,24H,10,23H2,1-3H3. The summed E-state index contributed by atoms with van der Waals surface area (Å²) in [6, 6.07) is 8.07. The fourth-order valence-electron chi connectivity index (χ4n) is 2.68. The Morgan fingerprint density at radius 2 is 1.76 bits per heavy atom. The van der Waals surface area contributed by atoms with Crippen LogP contribution in [-0.2, 0) is 6.18 Å². The van der Waals surface area contributed by atoms with Gasteiger partial charge in [0.05, 0.1) is 25.3 Å². The van der Waals surface area contributed by atoms with Gasteiger partial charge in [-0.3, -0.25) is 0 Å². The lowest BCUT2D eigenvalue weighted by molar-refractivity contribution is -0.137. The zero-order chi connectivity index (χ0) is 18.8. The smallest absolute Gasteiger partial charge is 0.416 e. The first-order valence-corrected chi connectivity index (χ1v) is 7.95. The lowest BCUT2D eigenvalue weighted by Gasteiger charge is -2.20. The second kappa shape index (κ2) is 7.45. The Kier molecular flexibility index (Phi) is 5.75. The van der Waals surface area contributed by atoms with Crippen molar-refractivity contribution in [2.45, 2.75) is 32.0 Å². The number of alkyl halides is 3. The molecule has 3 N–H and O–H groups in total. The summed E-state index contributed by atoms with van der Waals surface area (Å²) < 4.78 is 44.5. The van der Waals surface area contributed by atoms with Gasteiger partial charge in [0, 0.05) is 5.56 Å². The first-order valence-electron chi connectivity index (χ1n) is 7.95. The zero-order valence-corrected chi connectivity index (χ0v) is 14.4. The molecule has 25 heavy (non-hydrogen) atoms. The summed E-state index contributed by atoms with van der Waals surface area (Å²) in [5, 5.41) is 9.39. The highest BCUT2D eigenvalue weighted by atomic mass is 19.4. The Morgan fingerprint density at radius 3 is 2.28 bits per heavy atom. The van der Waals surface area contributed by atoms with Crippen LogP contribution in [0.3, 0.4) is 0 Å². The number of rotatable bonds is 5. The van der Waals surface area contributed by atoms with Crippen LogP contribution in [0.5, 0.6) is 5.75 Å². The molecule has 0 saturated carbocycles. The van der Waals surface area contributed by atoms with E-state index in [0.717, 1.165) is 17.7 Å². The molecule has 0 aliphatic carbocycles. The quantitative estimate of drug-likeness (QED) is 0.832. The van der Waals surface area contributed by atoms with Gasteiger partial charge in [-0.05, 0) is 46.9 Å². The van der Waals surface area contributed by atoms with Crippen LogP contribution < -0.4 is 10.5 Å². The van der Waals surface area contributed by atoms with Gasteiger partial charge in [-0.25, -0.2) is 0 Å². The van der Waals surface area contributed by atoms with Crippen molar-refractivity contribution in [2.24, 2.45) is 5.73 Å². The Hall–Kier alpha value is -2.05. The topological polar surface area (TPSA) is 55.5 Å². The molecule has 136 valence electrons. The van der Waals surface area contributed by atoms with Crippen LogP contribution in [0.15, 0.2) is 36.4 Å². The number of hydrogen-bond donors (Lipinski definition) is 2. The summed E-state index contributed by atoms with van der Waals surface area (Å²) in [6.07, 6.45) is -4.48. The van der Waals surface area contributed by atoms with Crippen molar-refractivity contribution in [1.82, 2.24) is 0 Å². The largest absolute Gasteiger partial charge is 0.496 e. The minimum absolute atomic E-state index is 0.233. The summed E-state index contributed by atoms with van der Waals surface area (Å²) in [5.41, 5.74) is 7.51. The van der Waals surface area contributed by atoms with E-state index in [1.807, 2.05) is 26.0 Å². The number of aliphatic hydroxyl groups is 1. The normalized spacial score (nSPS) is 13.2. The SMILES string of the molecule is COc1ccc(C(C)C)cc1-c1ccc(C(F)(F)F)cc1C(N)CO. The lowest BCUT2D eigenvalue weighted by atomic mass is 9.90. The Balaban J connectivity index is 2.71. The molecular formula is C19H22F3NO2. The van der Waals surface area contributed by atoms with Gasteiger partial charge < -0.3 is 15.6 Å². The zero-order valence-electron chi connectivity index (χ0n) is 14.4. The van der Waals surface area contributed by atoms with Crippen molar-refractivity contribution in [1.29, 1.82) is 0 Å². The number of benzene rings is 2. The summed E-state index contributed by atoms with van der Waals surface area (Å²) in [5.74, 6) is 0.782. The number of hydrogen-bond acceptors (Lipinski definition) is 3. The van der Waals surface area contributed by atoms with E-state index in [-0.39, 0.29) is 11.5 Å². The third-order valence-electron chi connectivity index (χ3n) is 4.16.